The van der Waals surface area contributed by atoms with Crippen LogP contribution in [0.3, 0.4) is 0 Å². The lowest BCUT2D eigenvalue weighted by molar-refractivity contribution is -0.120. The molecule has 2 aromatic rings. The topological polar surface area (TPSA) is 75.7 Å². The minimum absolute atomic E-state index is 0.0323. The number of rotatable bonds is 6. The second-order valence-corrected chi connectivity index (χ2v) is 9.28. The van der Waals surface area contributed by atoms with E-state index in [1.165, 1.54) is 40.7 Å². The molecule has 1 heterocycles. The summed E-state index contributed by atoms with van der Waals surface area (Å²) < 4.78 is 56.8. The number of hydrogen-bond acceptors (Lipinski definition) is 4. The van der Waals surface area contributed by atoms with Crippen molar-refractivity contribution >= 4 is 37.5 Å². The maximum Gasteiger partial charge on any atom is 0.387 e. The first-order chi connectivity index (χ1) is 13.8. The predicted molar refractivity (Wildman–Crippen MR) is 107 cm³/mol. The number of ether oxygens (including phenoxy) is 1. The molecule has 0 aliphatic carbocycles. The van der Waals surface area contributed by atoms with Gasteiger partial charge in [-0.05, 0) is 61.4 Å². The molecule has 0 saturated carbocycles. The molecule has 0 unspecified atom stereocenters. The highest BCUT2D eigenvalue weighted by Crippen LogP contribution is 2.27. The van der Waals surface area contributed by atoms with Crippen LogP contribution in [-0.4, -0.2) is 37.8 Å². The number of anilines is 1. The average Bonchev–Trinajstić information content (AvgIpc) is 2.69. The van der Waals surface area contributed by atoms with Crippen LogP contribution >= 0.6 is 15.9 Å². The maximum atomic E-state index is 13.1. The molecule has 10 heteroatoms. The van der Waals surface area contributed by atoms with Gasteiger partial charge in [0.1, 0.15) is 11.8 Å². The molecule has 2 aromatic carbocycles. The molecule has 0 aromatic heterocycles. The quantitative estimate of drug-likeness (QED) is 0.659. The van der Waals surface area contributed by atoms with E-state index < -0.39 is 28.6 Å². The van der Waals surface area contributed by atoms with E-state index in [-0.39, 0.29) is 17.2 Å². The second-order valence-electron chi connectivity index (χ2n) is 6.47. The van der Waals surface area contributed by atoms with Crippen molar-refractivity contribution in [3.8, 4) is 5.75 Å². The Morgan fingerprint density at radius 2 is 1.76 bits per heavy atom. The first-order valence-electron chi connectivity index (χ1n) is 8.90. The molecule has 1 atom stereocenters. The van der Waals surface area contributed by atoms with Crippen molar-refractivity contribution in [3.63, 3.8) is 0 Å². The van der Waals surface area contributed by atoms with Crippen LogP contribution in [0.5, 0.6) is 5.75 Å². The lowest BCUT2D eigenvalue weighted by Crippen LogP contribution is -2.49. The molecule has 3 rings (SSSR count). The normalized spacial score (nSPS) is 17.9. The standard InChI is InChI=1S/C19H19BrF2N2O4S/c20-13-4-10-16(11-5-13)29(26,27)24-12-2-1-3-17(24)18(25)23-14-6-8-15(9-7-14)28-19(21)22/h4-11,17,19H,1-3,12H2,(H,23,25)/t17-/m1/s1. The number of alkyl halides is 2. The van der Waals surface area contributed by atoms with Crippen LogP contribution in [0.2, 0.25) is 0 Å². The lowest BCUT2D eigenvalue weighted by atomic mass is 10.0. The van der Waals surface area contributed by atoms with E-state index >= 15 is 0 Å². The van der Waals surface area contributed by atoms with Gasteiger partial charge >= 0.3 is 6.61 Å². The molecular weight excluding hydrogens is 470 g/mol. The van der Waals surface area contributed by atoms with Gasteiger partial charge in [-0.2, -0.15) is 13.1 Å². The number of benzene rings is 2. The number of carbonyl (C=O) groups excluding carboxylic acids is 1. The average molecular weight is 489 g/mol. The highest BCUT2D eigenvalue weighted by Gasteiger charge is 2.37. The van der Waals surface area contributed by atoms with E-state index in [2.05, 4.69) is 26.0 Å². The van der Waals surface area contributed by atoms with Gasteiger partial charge in [-0.15, -0.1) is 0 Å². The van der Waals surface area contributed by atoms with Crippen molar-refractivity contribution < 1.29 is 26.7 Å². The lowest BCUT2D eigenvalue weighted by Gasteiger charge is -2.33. The Labute approximate surface area is 176 Å². The number of piperidine rings is 1. The van der Waals surface area contributed by atoms with Crippen LogP contribution in [-0.2, 0) is 14.8 Å². The minimum Gasteiger partial charge on any atom is -0.435 e. The third kappa shape index (κ3) is 5.31. The van der Waals surface area contributed by atoms with Crippen molar-refractivity contribution in [3.05, 3.63) is 53.0 Å². The zero-order valence-corrected chi connectivity index (χ0v) is 17.6. The maximum absolute atomic E-state index is 13.1. The molecule has 6 nitrogen and oxygen atoms in total. The molecule has 1 amide bonds. The van der Waals surface area contributed by atoms with Gasteiger partial charge in [-0.1, -0.05) is 22.4 Å². The number of hydrogen-bond donors (Lipinski definition) is 1. The molecule has 1 aliphatic rings. The van der Waals surface area contributed by atoms with E-state index in [9.17, 15) is 22.0 Å². The van der Waals surface area contributed by atoms with Crippen molar-refractivity contribution in [1.82, 2.24) is 4.31 Å². The van der Waals surface area contributed by atoms with E-state index in [0.717, 1.165) is 10.9 Å². The Balaban J connectivity index is 1.76. The van der Waals surface area contributed by atoms with Gasteiger partial charge in [-0.25, -0.2) is 8.42 Å². The van der Waals surface area contributed by atoms with Crippen molar-refractivity contribution in [2.75, 3.05) is 11.9 Å². The van der Waals surface area contributed by atoms with Crippen LogP contribution in [0.15, 0.2) is 57.9 Å². The molecule has 1 N–H and O–H groups in total. The molecule has 29 heavy (non-hydrogen) atoms. The predicted octanol–water partition coefficient (Wildman–Crippen LogP) is 4.23. The SMILES string of the molecule is O=C(Nc1ccc(OC(F)F)cc1)[C@H]1CCCCN1S(=O)(=O)c1ccc(Br)cc1. The molecular formula is C19H19BrF2N2O4S. The van der Waals surface area contributed by atoms with E-state index in [1.807, 2.05) is 0 Å². The number of amides is 1. The van der Waals surface area contributed by atoms with Gasteiger partial charge in [-0.3, -0.25) is 4.79 Å². The molecule has 0 radical (unpaired) electrons. The van der Waals surface area contributed by atoms with Gasteiger partial charge in [0.15, 0.2) is 0 Å². The Morgan fingerprint density at radius 3 is 2.38 bits per heavy atom. The van der Waals surface area contributed by atoms with Crippen molar-refractivity contribution in [2.24, 2.45) is 0 Å². The summed E-state index contributed by atoms with van der Waals surface area (Å²) in [6.07, 6.45) is 1.79. The monoisotopic (exact) mass is 488 g/mol. The van der Waals surface area contributed by atoms with E-state index in [4.69, 9.17) is 0 Å². The summed E-state index contributed by atoms with van der Waals surface area (Å²) in [7, 11) is -3.84. The van der Waals surface area contributed by atoms with Crippen LogP contribution in [0.4, 0.5) is 14.5 Å². The first-order valence-corrected chi connectivity index (χ1v) is 11.1. The Morgan fingerprint density at radius 1 is 1.10 bits per heavy atom. The second kappa shape index (κ2) is 9.19. The number of sulfonamides is 1. The van der Waals surface area contributed by atoms with Crippen LogP contribution in [0.1, 0.15) is 19.3 Å². The van der Waals surface area contributed by atoms with Gasteiger partial charge in [0.2, 0.25) is 15.9 Å². The zero-order valence-electron chi connectivity index (χ0n) is 15.2. The largest absolute Gasteiger partial charge is 0.435 e. The Bertz CT molecular complexity index is 953. The zero-order chi connectivity index (χ0) is 21.0. The van der Waals surface area contributed by atoms with Crippen LogP contribution in [0.25, 0.3) is 0 Å². The van der Waals surface area contributed by atoms with Gasteiger partial charge in [0, 0.05) is 16.7 Å². The summed E-state index contributed by atoms with van der Waals surface area (Å²) in [6.45, 7) is -2.69. The van der Waals surface area contributed by atoms with E-state index in [0.29, 0.717) is 18.5 Å². The number of carbonyl (C=O) groups is 1. The number of nitrogens with one attached hydrogen (secondary N) is 1. The number of nitrogens with zero attached hydrogens (tertiary/aromatic N) is 1. The fourth-order valence-electron chi connectivity index (χ4n) is 3.14. The summed E-state index contributed by atoms with van der Waals surface area (Å²) in [5.41, 5.74) is 0.364. The van der Waals surface area contributed by atoms with Gasteiger partial charge in [0.05, 0.1) is 4.90 Å². The molecule has 0 bridgehead atoms. The third-order valence-electron chi connectivity index (χ3n) is 4.52. The summed E-state index contributed by atoms with van der Waals surface area (Å²) in [5.74, 6) is -0.497. The van der Waals surface area contributed by atoms with Crippen LogP contribution < -0.4 is 10.1 Å². The number of halogens is 3. The fraction of sp³-hybridized carbons (Fsp3) is 0.316. The smallest absolute Gasteiger partial charge is 0.387 e. The van der Waals surface area contributed by atoms with Crippen molar-refractivity contribution in [2.45, 2.75) is 36.8 Å². The highest BCUT2D eigenvalue weighted by molar-refractivity contribution is 9.10. The summed E-state index contributed by atoms with van der Waals surface area (Å²) >= 11 is 3.28. The summed E-state index contributed by atoms with van der Waals surface area (Å²) in [5, 5.41) is 2.66. The fourth-order valence-corrected chi connectivity index (χ4v) is 5.06. The van der Waals surface area contributed by atoms with Gasteiger partial charge in [0.25, 0.3) is 0 Å². The van der Waals surface area contributed by atoms with Gasteiger partial charge < -0.3 is 10.1 Å². The molecule has 1 saturated heterocycles. The molecule has 1 fully saturated rings. The summed E-state index contributed by atoms with van der Waals surface area (Å²) in [4.78, 5) is 12.9. The summed E-state index contributed by atoms with van der Waals surface area (Å²) in [6, 6.07) is 10.9. The first kappa shape index (κ1) is 21.7. The third-order valence-corrected chi connectivity index (χ3v) is 6.97. The van der Waals surface area contributed by atoms with Crippen molar-refractivity contribution in [1.29, 1.82) is 0 Å². The molecule has 0 spiro atoms. The highest BCUT2D eigenvalue weighted by atomic mass is 79.9. The van der Waals surface area contributed by atoms with Crippen LogP contribution in [0, 0.1) is 0 Å². The Hall–Kier alpha value is -2.04. The molecule has 1 aliphatic heterocycles. The Kier molecular flexibility index (Phi) is 6.86. The molecule has 156 valence electrons. The minimum atomic E-state index is -3.84. The van der Waals surface area contributed by atoms with E-state index in [1.54, 1.807) is 12.1 Å².